The molecule has 1 heterocycles. The lowest BCUT2D eigenvalue weighted by atomic mass is 10.0. The topological polar surface area (TPSA) is 57.5 Å². The molecule has 0 N–H and O–H groups in total. The number of fused-ring (bicyclic) bond motifs is 1. The quantitative estimate of drug-likeness (QED) is 0.436. The van der Waals surface area contributed by atoms with Crippen LogP contribution in [0.5, 0.6) is 11.5 Å². The standard InChI is InChI=1S/C25H20FNO4/c1-30-22-12-19-21(13-23(22)31-2)27(14-16-6-4-3-5-7-16)15-20(25(19)29)24(28)17-8-10-18(26)11-9-17/h3-13,15H,14H2,1-2H3. The van der Waals surface area contributed by atoms with E-state index in [9.17, 15) is 14.0 Å². The highest BCUT2D eigenvalue weighted by atomic mass is 19.1. The van der Waals surface area contributed by atoms with Crippen LogP contribution < -0.4 is 14.9 Å². The molecule has 0 aliphatic rings. The minimum absolute atomic E-state index is 0.00209. The van der Waals surface area contributed by atoms with Gasteiger partial charge in [-0.1, -0.05) is 30.3 Å². The van der Waals surface area contributed by atoms with Crippen LogP contribution in [-0.2, 0) is 6.54 Å². The van der Waals surface area contributed by atoms with Gasteiger partial charge in [-0.25, -0.2) is 4.39 Å². The van der Waals surface area contributed by atoms with Gasteiger partial charge in [0.15, 0.2) is 17.3 Å². The van der Waals surface area contributed by atoms with Crippen LogP contribution in [0, 0.1) is 5.82 Å². The van der Waals surface area contributed by atoms with E-state index in [-0.39, 0.29) is 11.1 Å². The Balaban J connectivity index is 1.96. The highest BCUT2D eigenvalue weighted by molar-refractivity contribution is 6.10. The Morgan fingerprint density at radius 1 is 0.935 bits per heavy atom. The summed E-state index contributed by atoms with van der Waals surface area (Å²) in [6.07, 6.45) is 1.55. The molecule has 0 atom stereocenters. The van der Waals surface area contributed by atoms with Gasteiger partial charge < -0.3 is 14.0 Å². The number of carbonyl (C=O) groups excluding carboxylic acids is 1. The Hall–Kier alpha value is -3.93. The van der Waals surface area contributed by atoms with Crippen LogP contribution in [0.4, 0.5) is 4.39 Å². The number of hydrogen-bond donors (Lipinski definition) is 0. The molecule has 156 valence electrons. The Bertz CT molecular complexity index is 1310. The lowest BCUT2D eigenvalue weighted by Crippen LogP contribution is -2.20. The van der Waals surface area contributed by atoms with Crippen molar-refractivity contribution in [2.75, 3.05) is 14.2 Å². The third-order valence-corrected chi connectivity index (χ3v) is 5.13. The van der Waals surface area contributed by atoms with Gasteiger partial charge in [-0.15, -0.1) is 0 Å². The Labute approximate surface area is 178 Å². The molecule has 0 aliphatic heterocycles. The maximum absolute atomic E-state index is 13.3. The second-order valence-electron chi connectivity index (χ2n) is 7.05. The summed E-state index contributed by atoms with van der Waals surface area (Å²) in [6.45, 7) is 0.441. The molecule has 4 aromatic rings. The normalized spacial score (nSPS) is 10.8. The van der Waals surface area contributed by atoms with Crippen molar-refractivity contribution < 1.29 is 18.7 Å². The van der Waals surface area contributed by atoms with E-state index in [1.165, 1.54) is 38.5 Å². The smallest absolute Gasteiger partial charge is 0.200 e. The molecule has 0 fully saturated rings. The molecule has 31 heavy (non-hydrogen) atoms. The van der Waals surface area contributed by atoms with Crippen molar-refractivity contribution in [1.82, 2.24) is 4.57 Å². The Morgan fingerprint density at radius 2 is 1.58 bits per heavy atom. The zero-order chi connectivity index (χ0) is 22.0. The summed E-state index contributed by atoms with van der Waals surface area (Å²) in [7, 11) is 3.01. The number of benzene rings is 3. The zero-order valence-electron chi connectivity index (χ0n) is 17.1. The number of aromatic nitrogens is 1. The predicted octanol–water partition coefficient (Wildman–Crippen LogP) is 4.44. The van der Waals surface area contributed by atoms with E-state index in [0.717, 1.165) is 5.56 Å². The van der Waals surface area contributed by atoms with Crippen LogP contribution in [0.2, 0.25) is 0 Å². The van der Waals surface area contributed by atoms with E-state index in [2.05, 4.69) is 0 Å². The van der Waals surface area contributed by atoms with Gasteiger partial charge in [0.1, 0.15) is 5.82 Å². The largest absolute Gasteiger partial charge is 0.493 e. The van der Waals surface area contributed by atoms with Crippen molar-refractivity contribution in [3.05, 3.63) is 106 Å². The molecule has 0 radical (unpaired) electrons. The molecule has 0 unspecified atom stereocenters. The fourth-order valence-electron chi connectivity index (χ4n) is 3.55. The average molecular weight is 417 g/mol. The number of ketones is 1. The lowest BCUT2D eigenvalue weighted by Gasteiger charge is -2.16. The van der Waals surface area contributed by atoms with E-state index < -0.39 is 17.0 Å². The molecule has 0 spiro atoms. The zero-order valence-corrected chi connectivity index (χ0v) is 17.1. The van der Waals surface area contributed by atoms with E-state index in [1.54, 1.807) is 18.3 Å². The molecule has 0 aliphatic carbocycles. The van der Waals surface area contributed by atoms with Crippen LogP contribution in [0.1, 0.15) is 21.5 Å². The number of methoxy groups -OCH3 is 2. The predicted molar refractivity (Wildman–Crippen MR) is 117 cm³/mol. The number of hydrogen-bond acceptors (Lipinski definition) is 4. The fraction of sp³-hybridized carbons (Fsp3) is 0.120. The highest BCUT2D eigenvalue weighted by Crippen LogP contribution is 2.31. The first-order chi connectivity index (χ1) is 15.0. The van der Waals surface area contributed by atoms with Crippen LogP contribution in [0.15, 0.2) is 77.7 Å². The van der Waals surface area contributed by atoms with E-state index in [0.29, 0.717) is 28.9 Å². The first-order valence-corrected chi connectivity index (χ1v) is 9.65. The monoisotopic (exact) mass is 417 g/mol. The average Bonchev–Trinajstić information content (AvgIpc) is 2.80. The van der Waals surface area contributed by atoms with Gasteiger partial charge >= 0.3 is 0 Å². The van der Waals surface area contributed by atoms with Gasteiger partial charge in [-0.2, -0.15) is 0 Å². The molecule has 6 heteroatoms. The van der Waals surface area contributed by atoms with E-state index >= 15 is 0 Å². The Kier molecular flexibility index (Phi) is 5.54. The number of ether oxygens (including phenoxy) is 2. The SMILES string of the molecule is COc1cc2c(=O)c(C(=O)c3ccc(F)cc3)cn(Cc3ccccc3)c2cc1OC. The fourth-order valence-corrected chi connectivity index (χ4v) is 3.55. The summed E-state index contributed by atoms with van der Waals surface area (Å²) in [6, 6.07) is 18.2. The molecule has 0 bridgehead atoms. The van der Waals surface area contributed by atoms with Crippen LogP contribution >= 0.6 is 0 Å². The summed E-state index contributed by atoms with van der Waals surface area (Å²) < 4.78 is 25.9. The summed E-state index contributed by atoms with van der Waals surface area (Å²) in [5.41, 5.74) is 1.44. The Morgan fingerprint density at radius 3 is 2.23 bits per heavy atom. The van der Waals surface area contributed by atoms with Crippen molar-refractivity contribution in [2.24, 2.45) is 0 Å². The van der Waals surface area contributed by atoms with Crippen LogP contribution in [0.3, 0.4) is 0 Å². The molecule has 5 nitrogen and oxygen atoms in total. The first-order valence-electron chi connectivity index (χ1n) is 9.65. The molecule has 3 aromatic carbocycles. The second-order valence-corrected chi connectivity index (χ2v) is 7.05. The number of pyridine rings is 1. The third kappa shape index (κ3) is 3.92. The van der Waals surface area contributed by atoms with Crippen molar-refractivity contribution in [3.8, 4) is 11.5 Å². The summed E-state index contributed by atoms with van der Waals surface area (Å²) in [5.74, 6) is -0.0459. The first kappa shape index (κ1) is 20.3. The maximum Gasteiger partial charge on any atom is 0.200 e. The van der Waals surface area contributed by atoms with Gasteiger partial charge in [0.05, 0.1) is 30.7 Å². The number of nitrogens with zero attached hydrogens (tertiary/aromatic N) is 1. The maximum atomic E-state index is 13.3. The van der Waals surface area contributed by atoms with Crippen molar-refractivity contribution in [2.45, 2.75) is 6.54 Å². The molecule has 0 saturated carbocycles. The number of carbonyl (C=O) groups is 1. The van der Waals surface area contributed by atoms with Crippen molar-refractivity contribution >= 4 is 16.7 Å². The van der Waals surface area contributed by atoms with Crippen LogP contribution in [0.25, 0.3) is 10.9 Å². The summed E-state index contributed by atoms with van der Waals surface area (Å²) in [5, 5.41) is 0.335. The van der Waals surface area contributed by atoms with Gasteiger partial charge in [0, 0.05) is 24.4 Å². The molecule has 4 rings (SSSR count). The van der Waals surface area contributed by atoms with Crippen molar-refractivity contribution in [3.63, 3.8) is 0 Å². The van der Waals surface area contributed by atoms with E-state index in [4.69, 9.17) is 9.47 Å². The molecule has 1 aromatic heterocycles. The molecular weight excluding hydrogens is 397 g/mol. The van der Waals surface area contributed by atoms with Gasteiger partial charge in [-0.3, -0.25) is 9.59 Å². The molecule has 0 amide bonds. The third-order valence-electron chi connectivity index (χ3n) is 5.13. The minimum atomic E-state index is -0.469. The summed E-state index contributed by atoms with van der Waals surface area (Å²) >= 11 is 0. The van der Waals surface area contributed by atoms with E-state index in [1.807, 2.05) is 34.9 Å². The van der Waals surface area contributed by atoms with Gasteiger partial charge in [-0.05, 0) is 35.9 Å². The van der Waals surface area contributed by atoms with Crippen LogP contribution in [-0.4, -0.2) is 24.6 Å². The van der Waals surface area contributed by atoms with Crippen molar-refractivity contribution in [1.29, 1.82) is 0 Å². The van der Waals surface area contributed by atoms with Gasteiger partial charge in [0.2, 0.25) is 5.43 Å². The second kappa shape index (κ2) is 8.44. The lowest BCUT2D eigenvalue weighted by molar-refractivity contribution is 0.103. The highest BCUT2D eigenvalue weighted by Gasteiger charge is 2.19. The molecule has 0 saturated heterocycles. The minimum Gasteiger partial charge on any atom is -0.493 e. The summed E-state index contributed by atoms with van der Waals surface area (Å²) in [4.78, 5) is 26.4. The molecular formula is C25H20FNO4. The number of rotatable bonds is 6. The van der Waals surface area contributed by atoms with Gasteiger partial charge in [0.25, 0.3) is 0 Å². The number of halogens is 1.